The summed E-state index contributed by atoms with van der Waals surface area (Å²) in [5, 5.41) is 17.1. The number of hydrogen-bond acceptors (Lipinski definition) is 5. The summed E-state index contributed by atoms with van der Waals surface area (Å²) in [6, 6.07) is 6.37. The molecule has 0 aromatic heterocycles. The van der Waals surface area contributed by atoms with Crippen LogP contribution in [0.2, 0.25) is 0 Å². The number of benzene rings is 1. The second kappa shape index (κ2) is 5.50. The largest absolute Gasteiger partial charge is 0.707 e. The molecule has 6 nitrogen and oxygen atoms in total. The molecular weight excluding hydrogens is 245 g/mol. The third-order valence-corrected chi connectivity index (χ3v) is 3.40. The molecule has 8 heteroatoms. The van der Waals surface area contributed by atoms with Crippen molar-refractivity contribution in [3.8, 4) is 5.75 Å². The Bertz CT molecular complexity index is 459. The minimum Gasteiger partial charge on any atom is -0.512 e. The summed E-state index contributed by atoms with van der Waals surface area (Å²) in [7, 11) is -3.59. The van der Waals surface area contributed by atoms with Crippen LogP contribution in [0.5, 0.6) is 5.75 Å². The van der Waals surface area contributed by atoms with Gasteiger partial charge in [-0.3, -0.25) is 0 Å². The predicted octanol–water partition coefficient (Wildman–Crippen LogP) is -0.574. The molecule has 0 spiro atoms. The fourth-order valence-electron chi connectivity index (χ4n) is 1.17. The van der Waals surface area contributed by atoms with Gasteiger partial charge in [0.15, 0.2) is 0 Å². The van der Waals surface area contributed by atoms with Crippen molar-refractivity contribution >= 4 is 17.3 Å². The Morgan fingerprint density at radius 1 is 1.29 bits per heavy atom. The molecule has 1 aromatic carbocycles. The standard InChI is InChI=1S/C9H14BNO5S/c1-11(17(2,14)15)7-8-3-5-9(6-4-8)16-10(12)13/h3-6,12-13H,7H2,1-2H3. The van der Waals surface area contributed by atoms with Crippen molar-refractivity contribution in [2.75, 3.05) is 13.3 Å². The molecule has 0 saturated carbocycles. The van der Waals surface area contributed by atoms with E-state index >= 15 is 0 Å². The molecule has 0 radical (unpaired) electrons. The summed E-state index contributed by atoms with van der Waals surface area (Å²) in [5.74, 6) is 0.297. The zero-order valence-corrected chi connectivity index (χ0v) is 10.4. The van der Waals surface area contributed by atoms with E-state index in [4.69, 9.17) is 10.0 Å². The minimum absolute atomic E-state index is 0.251. The lowest BCUT2D eigenvalue weighted by atomic mass is 10.2. The van der Waals surface area contributed by atoms with Crippen LogP contribution in [-0.2, 0) is 16.6 Å². The molecule has 2 N–H and O–H groups in total. The lowest BCUT2D eigenvalue weighted by Crippen LogP contribution is -2.24. The number of rotatable bonds is 5. The van der Waals surface area contributed by atoms with Gasteiger partial charge in [0.25, 0.3) is 0 Å². The van der Waals surface area contributed by atoms with E-state index < -0.39 is 17.3 Å². The first-order valence-corrected chi connectivity index (χ1v) is 6.67. The molecular formula is C9H14BNO5S. The number of sulfonamides is 1. The van der Waals surface area contributed by atoms with Crippen LogP contribution in [0.1, 0.15) is 5.56 Å². The van der Waals surface area contributed by atoms with Crippen molar-refractivity contribution in [2.24, 2.45) is 0 Å². The normalized spacial score (nSPS) is 11.6. The summed E-state index contributed by atoms with van der Waals surface area (Å²) in [4.78, 5) is 0. The van der Waals surface area contributed by atoms with Gasteiger partial charge in [-0.15, -0.1) is 0 Å². The van der Waals surface area contributed by atoms with Crippen LogP contribution in [0.4, 0.5) is 0 Å². The van der Waals surface area contributed by atoms with E-state index in [0.29, 0.717) is 5.75 Å². The Morgan fingerprint density at radius 2 is 1.82 bits per heavy atom. The smallest absolute Gasteiger partial charge is 0.512 e. The highest BCUT2D eigenvalue weighted by Gasteiger charge is 2.13. The van der Waals surface area contributed by atoms with Crippen molar-refractivity contribution in [3.05, 3.63) is 29.8 Å². The average molecular weight is 259 g/mol. The predicted molar refractivity (Wildman–Crippen MR) is 63.6 cm³/mol. The fourth-order valence-corrected chi connectivity index (χ4v) is 1.55. The van der Waals surface area contributed by atoms with Gasteiger partial charge in [-0.25, -0.2) is 12.7 Å². The van der Waals surface area contributed by atoms with Crippen molar-refractivity contribution < 1.29 is 23.1 Å². The summed E-state index contributed by atoms with van der Waals surface area (Å²) in [5.41, 5.74) is 0.776. The molecule has 17 heavy (non-hydrogen) atoms. The monoisotopic (exact) mass is 259 g/mol. The molecule has 0 amide bonds. The minimum atomic E-state index is -3.21. The van der Waals surface area contributed by atoms with Gasteiger partial charge in [-0.2, -0.15) is 0 Å². The highest BCUT2D eigenvalue weighted by molar-refractivity contribution is 7.88. The Kier molecular flexibility index (Phi) is 4.52. The van der Waals surface area contributed by atoms with E-state index in [2.05, 4.69) is 4.65 Å². The summed E-state index contributed by atoms with van der Waals surface area (Å²) >= 11 is 0. The first-order valence-electron chi connectivity index (χ1n) is 4.82. The van der Waals surface area contributed by atoms with E-state index in [1.165, 1.54) is 23.5 Å². The summed E-state index contributed by atoms with van der Waals surface area (Å²) < 4.78 is 28.2. The van der Waals surface area contributed by atoms with Crippen LogP contribution in [0.3, 0.4) is 0 Å². The third kappa shape index (κ3) is 4.74. The molecule has 1 aromatic rings. The van der Waals surface area contributed by atoms with Gasteiger partial charge in [-0.1, -0.05) is 12.1 Å². The Labute approximate surface area is 101 Å². The molecule has 0 saturated heterocycles. The van der Waals surface area contributed by atoms with Crippen LogP contribution in [-0.4, -0.2) is 43.4 Å². The molecule has 0 unspecified atom stereocenters. The SMILES string of the molecule is CN(Cc1ccc(OB(O)O)cc1)S(C)(=O)=O. The molecule has 1 rings (SSSR count). The highest BCUT2D eigenvalue weighted by Crippen LogP contribution is 2.14. The lowest BCUT2D eigenvalue weighted by Gasteiger charge is -2.14. The second-order valence-corrected chi connectivity index (χ2v) is 5.70. The third-order valence-electron chi connectivity index (χ3n) is 2.14. The zero-order chi connectivity index (χ0) is 13.1. The van der Waals surface area contributed by atoms with Gasteiger partial charge >= 0.3 is 7.32 Å². The van der Waals surface area contributed by atoms with Crippen molar-refractivity contribution in [2.45, 2.75) is 6.54 Å². The molecule has 0 bridgehead atoms. The maximum absolute atomic E-state index is 11.2. The average Bonchev–Trinajstić information content (AvgIpc) is 2.18. The van der Waals surface area contributed by atoms with Gasteiger partial charge in [0.05, 0.1) is 6.26 Å². The van der Waals surface area contributed by atoms with Crippen molar-refractivity contribution in [3.63, 3.8) is 0 Å². The van der Waals surface area contributed by atoms with Gasteiger partial charge in [0, 0.05) is 13.6 Å². The number of hydrogen-bond donors (Lipinski definition) is 2. The van der Waals surface area contributed by atoms with Crippen molar-refractivity contribution in [1.29, 1.82) is 0 Å². The highest BCUT2D eigenvalue weighted by atomic mass is 32.2. The quantitative estimate of drug-likeness (QED) is 0.691. The van der Waals surface area contributed by atoms with Crippen LogP contribution >= 0.6 is 0 Å². The first-order chi connectivity index (χ1) is 7.79. The van der Waals surface area contributed by atoms with E-state index in [9.17, 15) is 8.42 Å². The van der Waals surface area contributed by atoms with Gasteiger partial charge in [0.1, 0.15) is 5.75 Å². The molecule has 0 aliphatic carbocycles. The Hall–Kier alpha value is -1.09. The van der Waals surface area contributed by atoms with E-state index in [-0.39, 0.29) is 6.54 Å². The summed E-state index contributed by atoms with van der Waals surface area (Å²) in [6.45, 7) is 0.251. The lowest BCUT2D eigenvalue weighted by molar-refractivity contribution is 0.288. The van der Waals surface area contributed by atoms with E-state index in [1.54, 1.807) is 12.1 Å². The molecule has 0 aliphatic heterocycles. The zero-order valence-electron chi connectivity index (χ0n) is 9.57. The number of nitrogens with zero attached hydrogens (tertiary/aromatic N) is 1. The van der Waals surface area contributed by atoms with Crippen LogP contribution in [0.25, 0.3) is 0 Å². The molecule has 0 heterocycles. The Balaban J connectivity index is 2.69. The van der Waals surface area contributed by atoms with E-state index in [1.807, 2.05) is 0 Å². The topological polar surface area (TPSA) is 87.1 Å². The van der Waals surface area contributed by atoms with Crippen LogP contribution in [0, 0.1) is 0 Å². The molecule has 94 valence electrons. The van der Waals surface area contributed by atoms with Gasteiger partial charge in [-0.05, 0) is 17.7 Å². The molecule has 0 atom stereocenters. The van der Waals surface area contributed by atoms with Gasteiger partial charge < -0.3 is 14.7 Å². The second-order valence-electron chi connectivity index (χ2n) is 3.61. The summed E-state index contributed by atoms with van der Waals surface area (Å²) in [6.07, 6.45) is 1.13. The van der Waals surface area contributed by atoms with Crippen molar-refractivity contribution in [1.82, 2.24) is 4.31 Å². The maximum Gasteiger partial charge on any atom is 0.707 e. The fraction of sp³-hybridized carbons (Fsp3) is 0.333. The molecule has 0 aliphatic rings. The molecule has 0 fully saturated rings. The maximum atomic E-state index is 11.2. The van der Waals surface area contributed by atoms with E-state index in [0.717, 1.165) is 11.8 Å². The van der Waals surface area contributed by atoms with Crippen LogP contribution < -0.4 is 4.65 Å². The van der Waals surface area contributed by atoms with Gasteiger partial charge in [0.2, 0.25) is 10.0 Å². The Morgan fingerprint density at radius 3 is 2.24 bits per heavy atom. The van der Waals surface area contributed by atoms with Crippen LogP contribution in [0.15, 0.2) is 24.3 Å². The first kappa shape index (κ1) is 14.0.